The molecule has 16 heavy (non-hydrogen) atoms. The Morgan fingerprint density at radius 2 is 1.94 bits per heavy atom. The van der Waals surface area contributed by atoms with Crippen molar-refractivity contribution in [2.75, 3.05) is 14.1 Å². The molecule has 0 aliphatic heterocycles. The predicted molar refractivity (Wildman–Crippen MR) is 63.9 cm³/mol. The number of benzene rings is 1. The number of halogens is 1. The van der Waals surface area contributed by atoms with Gasteiger partial charge in [0.25, 0.3) is 0 Å². The SMILES string of the molecule is CC(=O)c1cc(Br)ccc1OC(=O)N(C)C. The molecule has 0 radical (unpaired) electrons. The standard InChI is InChI=1S/C11H12BrNO3/c1-7(14)9-6-8(12)4-5-10(9)16-11(15)13(2)3/h4-6H,1-3H3. The van der Waals surface area contributed by atoms with Crippen molar-refractivity contribution in [1.29, 1.82) is 0 Å². The van der Waals surface area contributed by atoms with E-state index in [0.29, 0.717) is 5.56 Å². The minimum atomic E-state index is -0.509. The number of rotatable bonds is 2. The van der Waals surface area contributed by atoms with Crippen LogP contribution in [0.15, 0.2) is 22.7 Å². The van der Waals surface area contributed by atoms with Crippen LogP contribution in [0.25, 0.3) is 0 Å². The number of hydrogen-bond donors (Lipinski definition) is 0. The highest BCUT2D eigenvalue weighted by atomic mass is 79.9. The van der Waals surface area contributed by atoms with Crippen LogP contribution < -0.4 is 4.74 Å². The van der Waals surface area contributed by atoms with E-state index in [1.54, 1.807) is 32.3 Å². The molecule has 0 aromatic heterocycles. The Bertz CT molecular complexity index is 429. The molecule has 86 valence electrons. The Kier molecular flexibility index (Phi) is 4.06. The van der Waals surface area contributed by atoms with Gasteiger partial charge in [-0.25, -0.2) is 4.79 Å². The second kappa shape index (κ2) is 5.12. The van der Waals surface area contributed by atoms with Crippen LogP contribution in [0.1, 0.15) is 17.3 Å². The summed E-state index contributed by atoms with van der Waals surface area (Å²) in [5, 5.41) is 0. The summed E-state index contributed by atoms with van der Waals surface area (Å²) in [6.07, 6.45) is -0.509. The number of carbonyl (C=O) groups is 2. The van der Waals surface area contributed by atoms with E-state index in [0.717, 1.165) is 4.47 Å². The van der Waals surface area contributed by atoms with Gasteiger partial charge in [-0.05, 0) is 25.1 Å². The molecule has 1 aromatic rings. The molecule has 0 unspecified atom stereocenters. The summed E-state index contributed by atoms with van der Waals surface area (Å²) in [5.41, 5.74) is 0.379. The zero-order chi connectivity index (χ0) is 12.3. The molecule has 0 spiro atoms. The Morgan fingerprint density at radius 3 is 2.44 bits per heavy atom. The number of ether oxygens (including phenoxy) is 1. The van der Waals surface area contributed by atoms with Crippen LogP contribution in [0.3, 0.4) is 0 Å². The molecule has 0 heterocycles. The highest BCUT2D eigenvalue weighted by molar-refractivity contribution is 9.10. The molecule has 0 saturated heterocycles. The first-order valence-electron chi connectivity index (χ1n) is 4.61. The normalized spacial score (nSPS) is 9.75. The van der Waals surface area contributed by atoms with E-state index in [9.17, 15) is 9.59 Å². The molecular weight excluding hydrogens is 274 g/mol. The van der Waals surface area contributed by atoms with Crippen LogP contribution in [0.4, 0.5) is 4.79 Å². The Morgan fingerprint density at radius 1 is 1.31 bits per heavy atom. The zero-order valence-electron chi connectivity index (χ0n) is 9.28. The molecule has 1 amide bonds. The fraction of sp³-hybridized carbons (Fsp3) is 0.273. The third kappa shape index (κ3) is 3.06. The van der Waals surface area contributed by atoms with E-state index in [2.05, 4.69) is 15.9 Å². The number of Topliss-reactive ketones (excluding diaryl/α,β-unsaturated/α-hetero) is 1. The molecule has 0 aliphatic rings. The zero-order valence-corrected chi connectivity index (χ0v) is 10.9. The molecule has 0 aliphatic carbocycles. The van der Waals surface area contributed by atoms with Gasteiger partial charge in [0, 0.05) is 18.6 Å². The van der Waals surface area contributed by atoms with Crippen LogP contribution in [0.5, 0.6) is 5.75 Å². The van der Waals surface area contributed by atoms with Crippen LogP contribution in [-0.4, -0.2) is 30.9 Å². The summed E-state index contributed by atoms with van der Waals surface area (Å²) in [6, 6.07) is 4.92. The van der Waals surface area contributed by atoms with Crippen LogP contribution in [-0.2, 0) is 0 Å². The van der Waals surface area contributed by atoms with Crippen molar-refractivity contribution < 1.29 is 14.3 Å². The Hall–Kier alpha value is -1.36. The van der Waals surface area contributed by atoms with Gasteiger partial charge >= 0.3 is 6.09 Å². The second-order valence-corrected chi connectivity index (χ2v) is 4.37. The third-order valence-corrected chi connectivity index (χ3v) is 2.38. The lowest BCUT2D eigenvalue weighted by molar-refractivity contribution is 0.101. The molecule has 0 fully saturated rings. The summed E-state index contributed by atoms with van der Waals surface area (Å²) in [6.45, 7) is 1.43. The summed E-state index contributed by atoms with van der Waals surface area (Å²) >= 11 is 3.26. The van der Waals surface area contributed by atoms with E-state index in [4.69, 9.17) is 4.74 Å². The van der Waals surface area contributed by atoms with E-state index < -0.39 is 6.09 Å². The molecule has 0 saturated carbocycles. The molecule has 0 atom stereocenters. The maximum absolute atomic E-state index is 11.4. The lowest BCUT2D eigenvalue weighted by atomic mass is 10.1. The summed E-state index contributed by atoms with van der Waals surface area (Å²) < 4.78 is 5.83. The first kappa shape index (κ1) is 12.7. The average molecular weight is 286 g/mol. The van der Waals surface area contributed by atoms with Crippen LogP contribution in [0, 0.1) is 0 Å². The lowest BCUT2D eigenvalue weighted by Crippen LogP contribution is -2.25. The third-order valence-electron chi connectivity index (χ3n) is 1.88. The van der Waals surface area contributed by atoms with Crippen molar-refractivity contribution >= 4 is 27.8 Å². The van der Waals surface area contributed by atoms with Crippen molar-refractivity contribution in [3.05, 3.63) is 28.2 Å². The first-order chi connectivity index (χ1) is 7.41. The molecule has 5 heteroatoms. The highest BCUT2D eigenvalue weighted by Gasteiger charge is 2.13. The summed E-state index contributed by atoms with van der Waals surface area (Å²) in [4.78, 5) is 24.0. The van der Waals surface area contributed by atoms with E-state index >= 15 is 0 Å². The van der Waals surface area contributed by atoms with Gasteiger partial charge in [-0.1, -0.05) is 15.9 Å². The predicted octanol–water partition coefficient (Wildman–Crippen LogP) is 2.71. The molecule has 0 bridgehead atoms. The van der Waals surface area contributed by atoms with Crippen molar-refractivity contribution in [2.24, 2.45) is 0 Å². The number of carbonyl (C=O) groups excluding carboxylic acids is 2. The van der Waals surface area contributed by atoms with E-state index in [-0.39, 0.29) is 11.5 Å². The van der Waals surface area contributed by atoms with Crippen molar-refractivity contribution in [3.8, 4) is 5.75 Å². The molecular formula is C11H12BrNO3. The fourth-order valence-corrected chi connectivity index (χ4v) is 1.41. The van der Waals surface area contributed by atoms with Crippen molar-refractivity contribution in [2.45, 2.75) is 6.92 Å². The fourth-order valence-electron chi connectivity index (χ4n) is 1.05. The molecule has 1 aromatic carbocycles. The second-order valence-electron chi connectivity index (χ2n) is 3.46. The van der Waals surface area contributed by atoms with Gasteiger partial charge in [0.1, 0.15) is 5.75 Å². The van der Waals surface area contributed by atoms with Gasteiger partial charge < -0.3 is 9.64 Å². The molecule has 1 rings (SSSR count). The van der Waals surface area contributed by atoms with Gasteiger partial charge in [-0.15, -0.1) is 0 Å². The summed E-state index contributed by atoms with van der Waals surface area (Å²) in [5.74, 6) is 0.122. The van der Waals surface area contributed by atoms with Gasteiger partial charge in [0.15, 0.2) is 5.78 Å². The quantitative estimate of drug-likeness (QED) is 0.785. The molecule has 4 nitrogen and oxygen atoms in total. The van der Waals surface area contributed by atoms with Crippen molar-refractivity contribution in [3.63, 3.8) is 0 Å². The van der Waals surface area contributed by atoms with Gasteiger partial charge in [-0.3, -0.25) is 4.79 Å². The smallest absolute Gasteiger partial charge is 0.409 e. The van der Waals surface area contributed by atoms with E-state index in [1.165, 1.54) is 11.8 Å². The maximum Gasteiger partial charge on any atom is 0.414 e. The maximum atomic E-state index is 11.4. The Labute approximate surface area is 102 Å². The monoisotopic (exact) mass is 285 g/mol. The first-order valence-corrected chi connectivity index (χ1v) is 5.40. The number of amides is 1. The summed E-state index contributed by atoms with van der Waals surface area (Å²) in [7, 11) is 3.16. The molecule has 0 N–H and O–H groups in total. The lowest BCUT2D eigenvalue weighted by Gasteiger charge is -2.12. The average Bonchev–Trinajstić information content (AvgIpc) is 2.20. The number of hydrogen-bond acceptors (Lipinski definition) is 3. The van der Waals surface area contributed by atoms with Crippen molar-refractivity contribution in [1.82, 2.24) is 4.90 Å². The minimum absolute atomic E-state index is 0.150. The van der Waals surface area contributed by atoms with E-state index in [1.807, 2.05) is 0 Å². The van der Waals surface area contributed by atoms with Gasteiger partial charge in [-0.2, -0.15) is 0 Å². The van der Waals surface area contributed by atoms with Crippen LogP contribution >= 0.6 is 15.9 Å². The highest BCUT2D eigenvalue weighted by Crippen LogP contribution is 2.24. The largest absolute Gasteiger partial charge is 0.414 e. The topological polar surface area (TPSA) is 46.6 Å². The van der Waals surface area contributed by atoms with Gasteiger partial charge in [0.05, 0.1) is 5.56 Å². The van der Waals surface area contributed by atoms with Gasteiger partial charge in [0.2, 0.25) is 0 Å². The minimum Gasteiger partial charge on any atom is -0.409 e. The number of ketones is 1. The Balaban J connectivity index is 3.04. The number of nitrogens with zero attached hydrogens (tertiary/aromatic N) is 1. The van der Waals surface area contributed by atoms with Crippen LogP contribution in [0.2, 0.25) is 0 Å².